The molecule has 0 saturated heterocycles. The molecule has 8 nitrogen and oxygen atoms in total. The highest BCUT2D eigenvalue weighted by Gasteiger charge is 2.26. The van der Waals surface area contributed by atoms with E-state index in [-0.39, 0.29) is 18.0 Å². The molecule has 27 heavy (non-hydrogen) atoms. The van der Waals surface area contributed by atoms with E-state index in [2.05, 4.69) is 25.9 Å². The number of amides is 2. The van der Waals surface area contributed by atoms with Crippen molar-refractivity contribution in [1.82, 2.24) is 15.3 Å². The van der Waals surface area contributed by atoms with Gasteiger partial charge in [-0.1, -0.05) is 13.8 Å². The van der Waals surface area contributed by atoms with Crippen LogP contribution in [0.1, 0.15) is 69.2 Å². The van der Waals surface area contributed by atoms with E-state index in [9.17, 15) is 9.59 Å². The van der Waals surface area contributed by atoms with Crippen LogP contribution < -0.4 is 21.7 Å². The second-order valence-corrected chi connectivity index (χ2v) is 8.10. The van der Waals surface area contributed by atoms with Gasteiger partial charge in [0.05, 0.1) is 5.56 Å². The molecular weight excluding hydrogens is 344 g/mol. The zero-order valence-corrected chi connectivity index (χ0v) is 16.1. The topological polar surface area (TPSA) is 122 Å². The maximum absolute atomic E-state index is 11.9. The number of anilines is 2. The molecule has 1 aromatic rings. The number of nitrogens with zero attached hydrogens (tertiary/aromatic N) is 2. The number of rotatable bonds is 8. The van der Waals surface area contributed by atoms with E-state index in [4.69, 9.17) is 5.73 Å². The quantitative estimate of drug-likeness (QED) is 0.552. The minimum absolute atomic E-state index is 0.129. The fourth-order valence-electron chi connectivity index (χ4n) is 3.38. The Kier molecular flexibility index (Phi) is 6.13. The van der Waals surface area contributed by atoms with Crippen molar-refractivity contribution in [3.8, 4) is 0 Å². The standard InChI is InChI=1S/C19H30N6O2/c1-11(2)9-16(26)22-12-3-5-13(6-4-12)23-18-15(17(20)27)10-21-19(25-18)24-14-7-8-14/h10-14H,3-9H2,1-2H3,(H2,20,27)(H,22,26)(H2,21,23,24,25). The lowest BCUT2D eigenvalue weighted by Gasteiger charge is -2.30. The summed E-state index contributed by atoms with van der Waals surface area (Å²) in [5, 5.41) is 9.73. The minimum atomic E-state index is -0.537. The lowest BCUT2D eigenvalue weighted by atomic mass is 9.91. The number of carbonyl (C=O) groups is 2. The van der Waals surface area contributed by atoms with E-state index in [1.54, 1.807) is 0 Å². The van der Waals surface area contributed by atoms with Crippen LogP contribution in [0.5, 0.6) is 0 Å². The average molecular weight is 374 g/mol. The second kappa shape index (κ2) is 8.54. The SMILES string of the molecule is CC(C)CC(=O)NC1CCC(Nc2nc(NC3CC3)ncc2C(N)=O)CC1. The van der Waals surface area contributed by atoms with Crippen LogP contribution in [-0.4, -0.2) is 39.9 Å². The highest BCUT2D eigenvalue weighted by atomic mass is 16.2. The molecule has 148 valence electrons. The molecule has 5 N–H and O–H groups in total. The molecule has 0 aliphatic heterocycles. The Balaban J connectivity index is 1.56. The van der Waals surface area contributed by atoms with Gasteiger partial charge in [0, 0.05) is 30.7 Å². The smallest absolute Gasteiger partial charge is 0.254 e. The van der Waals surface area contributed by atoms with Crippen molar-refractivity contribution < 1.29 is 9.59 Å². The first-order valence-corrected chi connectivity index (χ1v) is 9.90. The number of hydrogen-bond acceptors (Lipinski definition) is 6. The van der Waals surface area contributed by atoms with Gasteiger partial charge >= 0.3 is 0 Å². The van der Waals surface area contributed by atoms with E-state index < -0.39 is 5.91 Å². The Labute approximate surface area is 160 Å². The monoisotopic (exact) mass is 374 g/mol. The van der Waals surface area contributed by atoms with Crippen molar-refractivity contribution in [2.45, 2.75) is 76.9 Å². The molecule has 0 atom stereocenters. The summed E-state index contributed by atoms with van der Waals surface area (Å²) in [5.41, 5.74) is 5.78. The van der Waals surface area contributed by atoms with Gasteiger partial charge in [0.15, 0.2) is 0 Å². The summed E-state index contributed by atoms with van der Waals surface area (Å²) >= 11 is 0. The van der Waals surface area contributed by atoms with E-state index >= 15 is 0 Å². The van der Waals surface area contributed by atoms with Crippen LogP contribution >= 0.6 is 0 Å². The van der Waals surface area contributed by atoms with Crippen LogP contribution in [0, 0.1) is 5.92 Å². The van der Waals surface area contributed by atoms with Crippen LogP contribution in [0.2, 0.25) is 0 Å². The Bertz CT molecular complexity index is 681. The van der Waals surface area contributed by atoms with Crippen molar-refractivity contribution in [3.63, 3.8) is 0 Å². The van der Waals surface area contributed by atoms with Crippen LogP contribution in [-0.2, 0) is 4.79 Å². The Hall–Kier alpha value is -2.38. The maximum atomic E-state index is 11.9. The summed E-state index contributed by atoms with van der Waals surface area (Å²) in [5.74, 6) is 0.980. The predicted molar refractivity (Wildman–Crippen MR) is 104 cm³/mol. The van der Waals surface area contributed by atoms with Crippen molar-refractivity contribution >= 4 is 23.6 Å². The molecule has 1 heterocycles. The lowest BCUT2D eigenvalue weighted by Crippen LogP contribution is -2.40. The molecule has 2 aliphatic rings. The summed E-state index contributed by atoms with van der Waals surface area (Å²) in [4.78, 5) is 32.3. The average Bonchev–Trinajstić information content (AvgIpc) is 3.40. The Morgan fingerprint density at radius 3 is 2.26 bits per heavy atom. The van der Waals surface area contributed by atoms with Crippen LogP contribution in [0.25, 0.3) is 0 Å². The summed E-state index contributed by atoms with van der Waals surface area (Å²) in [6, 6.07) is 0.856. The van der Waals surface area contributed by atoms with E-state index in [1.807, 2.05) is 13.8 Å². The molecule has 0 unspecified atom stereocenters. The molecule has 3 rings (SSSR count). The van der Waals surface area contributed by atoms with Gasteiger partial charge in [0.2, 0.25) is 11.9 Å². The first kappa shape index (κ1) is 19.4. The highest BCUT2D eigenvalue weighted by molar-refractivity contribution is 5.97. The zero-order chi connectivity index (χ0) is 19.4. The van der Waals surface area contributed by atoms with Gasteiger partial charge in [-0.3, -0.25) is 9.59 Å². The number of primary amides is 1. The largest absolute Gasteiger partial charge is 0.367 e. The first-order chi connectivity index (χ1) is 12.9. The van der Waals surface area contributed by atoms with Gasteiger partial charge < -0.3 is 21.7 Å². The summed E-state index contributed by atoms with van der Waals surface area (Å²) in [6.07, 6.45) is 7.92. The van der Waals surface area contributed by atoms with Gasteiger partial charge in [-0.25, -0.2) is 4.98 Å². The fraction of sp³-hybridized carbons (Fsp3) is 0.684. The molecule has 2 aliphatic carbocycles. The molecule has 2 amide bonds. The molecule has 0 bridgehead atoms. The maximum Gasteiger partial charge on any atom is 0.254 e. The lowest BCUT2D eigenvalue weighted by molar-refractivity contribution is -0.122. The van der Waals surface area contributed by atoms with Gasteiger partial charge in [0.25, 0.3) is 5.91 Å². The molecule has 2 fully saturated rings. The van der Waals surface area contributed by atoms with E-state index in [1.165, 1.54) is 6.20 Å². The fourth-order valence-corrected chi connectivity index (χ4v) is 3.38. The van der Waals surface area contributed by atoms with Gasteiger partial charge in [-0.15, -0.1) is 0 Å². The molecule has 0 aromatic carbocycles. The van der Waals surface area contributed by atoms with Crippen LogP contribution in [0.3, 0.4) is 0 Å². The van der Waals surface area contributed by atoms with Gasteiger partial charge in [0.1, 0.15) is 5.82 Å². The number of nitrogens with one attached hydrogen (secondary N) is 3. The van der Waals surface area contributed by atoms with Crippen molar-refractivity contribution in [2.75, 3.05) is 10.6 Å². The summed E-state index contributed by atoms with van der Waals surface area (Å²) in [6.45, 7) is 4.09. The molecule has 1 aromatic heterocycles. The van der Waals surface area contributed by atoms with Crippen LogP contribution in [0.15, 0.2) is 6.20 Å². The Morgan fingerprint density at radius 1 is 1.07 bits per heavy atom. The first-order valence-electron chi connectivity index (χ1n) is 9.90. The highest BCUT2D eigenvalue weighted by Crippen LogP contribution is 2.26. The Morgan fingerprint density at radius 2 is 1.67 bits per heavy atom. The van der Waals surface area contributed by atoms with E-state index in [0.717, 1.165) is 38.5 Å². The molecular formula is C19H30N6O2. The third kappa shape index (κ3) is 5.80. The third-order valence-electron chi connectivity index (χ3n) is 4.99. The van der Waals surface area contributed by atoms with E-state index in [0.29, 0.717) is 35.7 Å². The molecule has 8 heteroatoms. The zero-order valence-electron chi connectivity index (χ0n) is 16.1. The van der Waals surface area contributed by atoms with Gasteiger partial charge in [-0.2, -0.15) is 4.98 Å². The predicted octanol–water partition coefficient (Wildman–Crippen LogP) is 2.04. The van der Waals surface area contributed by atoms with Crippen molar-refractivity contribution in [3.05, 3.63) is 11.8 Å². The normalized spacial score (nSPS) is 22.3. The molecule has 0 radical (unpaired) electrons. The minimum Gasteiger partial charge on any atom is -0.367 e. The van der Waals surface area contributed by atoms with Crippen LogP contribution in [0.4, 0.5) is 11.8 Å². The number of aromatic nitrogens is 2. The second-order valence-electron chi connectivity index (χ2n) is 8.10. The van der Waals surface area contributed by atoms with Crippen molar-refractivity contribution in [1.29, 1.82) is 0 Å². The summed E-state index contributed by atoms with van der Waals surface area (Å²) in [7, 11) is 0. The third-order valence-corrected chi connectivity index (χ3v) is 4.99. The van der Waals surface area contributed by atoms with Gasteiger partial charge in [-0.05, 0) is 44.4 Å². The molecule has 2 saturated carbocycles. The van der Waals surface area contributed by atoms with Crippen molar-refractivity contribution in [2.24, 2.45) is 11.7 Å². The number of nitrogens with two attached hydrogens (primary N) is 1. The number of carbonyl (C=O) groups excluding carboxylic acids is 2. The molecule has 0 spiro atoms. The number of hydrogen-bond donors (Lipinski definition) is 4. The summed E-state index contributed by atoms with van der Waals surface area (Å²) < 4.78 is 0.